The number of carbonyl (C=O) groups excluding carboxylic acids is 1. The molecule has 2 heterocycles. The molecule has 6 nitrogen and oxygen atoms in total. The van der Waals surface area contributed by atoms with E-state index in [0.717, 1.165) is 4.73 Å². The number of nitrogens with zero attached hydrogens (tertiary/aromatic N) is 3. The molecular formula is C15H12N3O3+. The number of hydrogen-bond acceptors (Lipinski definition) is 4. The van der Waals surface area contributed by atoms with Crippen LogP contribution in [0.25, 0.3) is 11.3 Å². The summed E-state index contributed by atoms with van der Waals surface area (Å²) in [6, 6.07) is 12.3. The van der Waals surface area contributed by atoms with E-state index in [2.05, 4.69) is 4.98 Å². The maximum atomic E-state index is 12.0. The second-order valence-electron chi connectivity index (χ2n) is 4.32. The highest BCUT2D eigenvalue weighted by Crippen LogP contribution is 2.15. The molecule has 0 atom stereocenters. The lowest BCUT2D eigenvalue weighted by molar-refractivity contribution is -0.904. The van der Waals surface area contributed by atoms with Crippen LogP contribution in [0, 0.1) is 0 Å². The fourth-order valence-corrected chi connectivity index (χ4v) is 1.83. The summed E-state index contributed by atoms with van der Waals surface area (Å²) < 4.78 is 7.38. The molecule has 1 aromatic carbocycles. The van der Waals surface area contributed by atoms with Crippen molar-refractivity contribution in [3.05, 3.63) is 67.4 Å². The first kappa shape index (κ1) is 12.9. The maximum Gasteiger partial charge on any atom is 0.424 e. The normalized spacial score (nSPS) is 10.3. The first-order chi connectivity index (χ1) is 10.2. The van der Waals surface area contributed by atoms with Crippen LogP contribution in [0.3, 0.4) is 0 Å². The van der Waals surface area contributed by atoms with Crippen LogP contribution in [-0.4, -0.2) is 20.9 Å². The standard InChI is InChI=1S/C15H12N3O3/c19-15(21-13-6-2-1-3-7-13)17-10-14(16-11-17)12-5-4-8-18(20)9-12/h1-11,20H/q+1. The molecule has 6 heteroatoms. The van der Waals surface area contributed by atoms with Crippen molar-refractivity contribution in [3.8, 4) is 17.0 Å². The fraction of sp³-hybridized carbons (Fsp3) is 0. The minimum Gasteiger partial charge on any atom is -0.410 e. The highest BCUT2D eigenvalue weighted by molar-refractivity contribution is 5.74. The van der Waals surface area contributed by atoms with Crippen molar-refractivity contribution in [2.24, 2.45) is 0 Å². The number of hydrogen-bond donors (Lipinski definition) is 1. The lowest BCUT2D eigenvalue weighted by Crippen LogP contribution is -2.28. The first-order valence-electron chi connectivity index (χ1n) is 6.24. The fourth-order valence-electron chi connectivity index (χ4n) is 1.83. The van der Waals surface area contributed by atoms with Crippen molar-refractivity contribution < 1.29 is 19.5 Å². The van der Waals surface area contributed by atoms with Gasteiger partial charge in [0.25, 0.3) is 0 Å². The van der Waals surface area contributed by atoms with Gasteiger partial charge in [0.15, 0.2) is 0 Å². The van der Waals surface area contributed by atoms with Crippen LogP contribution in [0.4, 0.5) is 4.79 Å². The van der Waals surface area contributed by atoms with Gasteiger partial charge in [-0.3, -0.25) is 5.21 Å². The van der Waals surface area contributed by atoms with Gasteiger partial charge in [0.05, 0.1) is 11.3 Å². The first-order valence-corrected chi connectivity index (χ1v) is 6.24. The molecule has 21 heavy (non-hydrogen) atoms. The van der Waals surface area contributed by atoms with Crippen LogP contribution < -0.4 is 9.47 Å². The Morgan fingerprint density at radius 2 is 2.00 bits per heavy atom. The average Bonchev–Trinajstić information content (AvgIpc) is 2.98. The van der Waals surface area contributed by atoms with Crippen molar-refractivity contribution in [2.45, 2.75) is 0 Å². The molecule has 0 aliphatic carbocycles. The Bertz CT molecular complexity index is 769. The molecule has 104 valence electrons. The summed E-state index contributed by atoms with van der Waals surface area (Å²) in [4.78, 5) is 16.1. The van der Waals surface area contributed by atoms with Crippen LogP contribution in [0.1, 0.15) is 0 Å². The molecule has 0 amide bonds. The van der Waals surface area contributed by atoms with Gasteiger partial charge in [-0.1, -0.05) is 18.2 Å². The zero-order chi connectivity index (χ0) is 14.7. The number of carbonyl (C=O) groups is 1. The Labute approximate surface area is 120 Å². The van der Waals surface area contributed by atoms with Crippen molar-refractivity contribution in [2.75, 3.05) is 0 Å². The molecule has 0 spiro atoms. The highest BCUT2D eigenvalue weighted by atomic mass is 16.6. The summed E-state index contributed by atoms with van der Waals surface area (Å²) in [6.07, 6.45) is 5.35. The lowest BCUT2D eigenvalue weighted by Gasteiger charge is -2.02. The summed E-state index contributed by atoms with van der Waals surface area (Å²) in [5.41, 5.74) is 1.25. The van der Waals surface area contributed by atoms with E-state index < -0.39 is 6.09 Å². The Kier molecular flexibility index (Phi) is 3.34. The summed E-state index contributed by atoms with van der Waals surface area (Å²) >= 11 is 0. The second kappa shape index (κ2) is 5.46. The van der Waals surface area contributed by atoms with Crippen LogP contribution in [0.15, 0.2) is 67.4 Å². The van der Waals surface area contributed by atoms with Crippen LogP contribution in [-0.2, 0) is 0 Å². The van der Waals surface area contributed by atoms with Crippen LogP contribution >= 0.6 is 0 Å². The highest BCUT2D eigenvalue weighted by Gasteiger charge is 2.12. The Morgan fingerprint density at radius 3 is 2.76 bits per heavy atom. The molecule has 0 aliphatic heterocycles. The van der Waals surface area contributed by atoms with Gasteiger partial charge in [0, 0.05) is 17.0 Å². The third kappa shape index (κ3) is 2.89. The van der Waals surface area contributed by atoms with E-state index in [1.807, 2.05) is 6.07 Å². The second-order valence-corrected chi connectivity index (χ2v) is 4.32. The Hall–Kier alpha value is -3.15. The number of rotatable bonds is 2. The van der Waals surface area contributed by atoms with E-state index in [1.165, 1.54) is 23.3 Å². The molecule has 0 fully saturated rings. The zero-order valence-corrected chi connectivity index (χ0v) is 11.0. The SMILES string of the molecule is O=C(Oc1ccccc1)n1cnc(-c2ccc[n+](O)c2)c1. The van der Waals surface area contributed by atoms with E-state index in [0.29, 0.717) is 17.0 Å². The molecule has 2 aromatic heterocycles. The monoisotopic (exact) mass is 282 g/mol. The molecule has 3 rings (SSSR count). The number of ether oxygens (including phenoxy) is 1. The van der Waals surface area contributed by atoms with Crippen LogP contribution in [0.2, 0.25) is 0 Å². The predicted octanol–water partition coefficient (Wildman–Crippen LogP) is 2.12. The minimum absolute atomic E-state index is 0.464. The molecule has 1 N–H and O–H groups in total. The molecule has 0 saturated heterocycles. The number of imidazole rings is 1. The van der Waals surface area contributed by atoms with Gasteiger partial charge >= 0.3 is 6.09 Å². The summed E-state index contributed by atoms with van der Waals surface area (Å²) in [5.74, 6) is 0.464. The number of benzene rings is 1. The molecular weight excluding hydrogens is 270 g/mol. The number of pyridine rings is 1. The van der Waals surface area contributed by atoms with Gasteiger partial charge in [0.2, 0.25) is 12.4 Å². The van der Waals surface area contributed by atoms with Gasteiger partial charge in [-0.25, -0.2) is 14.3 Å². The predicted molar refractivity (Wildman–Crippen MR) is 72.9 cm³/mol. The van der Waals surface area contributed by atoms with Gasteiger partial charge in [-0.15, -0.1) is 0 Å². The van der Waals surface area contributed by atoms with Crippen molar-refractivity contribution in [1.29, 1.82) is 0 Å². The Balaban J connectivity index is 1.80. The van der Waals surface area contributed by atoms with Crippen LogP contribution in [0.5, 0.6) is 5.75 Å². The third-order valence-corrected chi connectivity index (χ3v) is 2.82. The molecule has 3 aromatic rings. The molecule has 0 unspecified atom stereocenters. The number of aromatic nitrogens is 3. The van der Waals surface area contributed by atoms with E-state index in [9.17, 15) is 10.0 Å². The van der Waals surface area contributed by atoms with Gasteiger partial charge in [-0.05, 0) is 18.2 Å². The quantitative estimate of drug-likeness (QED) is 0.577. The van der Waals surface area contributed by atoms with Crippen molar-refractivity contribution >= 4 is 6.09 Å². The van der Waals surface area contributed by atoms with Crippen molar-refractivity contribution in [3.63, 3.8) is 0 Å². The zero-order valence-electron chi connectivity index (χ0n) is 11.0. The van der Waals surface area contributed by atoms with Gasteiger partial charge in [0.1, 0.15) is 12.1 Å². The lowest BCUT2D eigenvalue weighted by atomic mass is 10.2. The molecule has 0 radical (unpaired) electrons. The van der Waals surface area contributed by atoms with Crippen molar-refractivity contribution in [1.82, 2.24) is 9.55 Å². The van der Waals surface area contributed by atoms with E-state index >= 15 is 0 Å². The molecule has 0 bridgehead atoms. The third-order valence-electron chi connectivity index (χ3n) is 2.82. The maximum absolute atomic E-state index is 12.0. The topological polar surface area (TPSA) is 68.2 Å². The average molecular weight is 282 g/mol. The van der Waals surface area contributed by atoms with E-state index in [-0.39, 0.29) is 0 Å². The smallest absolute Gasteiger partial charge is 0.410 e. The number of para-hydroxylation sites is 1. The molecule has 0 saturated carbocycles. The Morgan fingerprint density at radius 1 is 1.19 bits per heavy atom. The molecule has 0 aliphatic rings. The summed E-state index contributed by atoms with van der Waals surface area (Å²) in [5, 5.41) is 9.38. The summed E-state index contributed by atoms with van der Waals surface area (Å²) in [6.45, 7) is 0. The minimum atomic E-state index is -0.548. The van der Waals surface area contributed by atoms with Gasteiger partial charge < -0.3 is 4.74 Å². The largest absolute Gasteiger partial charge is 0.424 e. The van der Waals surface area contributed by atoms with Gasteiger partial charge in [-0.2, -0.15) is 0 Å². The summed E-state index contributed by atoms with van der Waals surface area (Å²) in [7, 11) is 0. The van der Waals surface area contributed by atoms with E-state index in [1.54, 1.807) is 42.6 Å². The van der Waals surface area contributed by atoms with E-state index in [4.69, 9.17) is 4.74 Å².